The maximum Gasteiger partial charge on any atom is 0.254 e. The molecule has 1 heterocycles. The minimum absolute atomic E-state index is 0.0963. The first-order valence-electron chi connectivity index (χ1n) is 10.7. The summed E-state index contributed by atoms with van der Waals surface area (Å²) in [5.41, 5.74) is 1.30. The Hall–Kier alpha value is -1.84. The zero-order valence-corrected chi connectivity index (χ0v) is 17.1. The van der Waals surface area contributed by atoms with Gasteiger partial charge in [0.25, 0.3) is 5.91 Å². The first kappa shape index (κ1) is 19.9. The first-order valence-corrected chi connectivity index (χ1v) is 10.7. The topological polar surface area (TPSA) is 49.4 Å². The molecule has 1 N–H and O–H groups in total. The van der Waals surface area contributed by atoms with Gasteiger partial charge in [-0.1, -0.05) is 58.2 Å². The van der Waals surface area contributed by atoms with Crippen LogP contribution in [0.1, 0.15) is 87.6 Å². The average molecular weight is 371 g/mol. The Balaban J connectivity index is 1.99. The SMILES string of the molecule is CCCCN1C(=O)c2ccccc2[C@H](C(=O)NCCC(C)C)C12CCCC2. The maximum atomic E-state index is 13.4. The van der Waals surface area contributed by atoms with Crippen LogP contribution in [0.15, 0.2) is 24.3 Å². The standard InChI is InChI=1S/C23H34N2O2/c1-4-5-16-25-22(27)19-11-7-6-10-18(19)20(23(25)13-8-9-14-23)21(26)24-15-12-17(2)3/h6-7,10-11,17,20H,4-5,8-9,12-16H2,1-3H3,(H,24,26)/t20-/m1/s1. The summed E-state index contributed by atoms with van der Waals surface area (Å²) in [5, 5.41) is 3.19. The molecule has 0 unspecified atom stereocenters. The summed E-state index contributed by atoms with van der Waals surface area (Å²) < 4.78 is 0. The third-order valence-corrected chi connectivity index (χ3v) is 6.31. The van der Waals surface area contributed by atoms with E-state index in [0.29, 0.717) is 12.5 Å². The minimum Gasteiger partial charge on any atom is -0.355 e. The van der Waals surface area contributed by atoms with Gasteiger partial charge in [0, 0.05) is 18.7 Å². The molecule has 4 nitrogen and oxygen atoms in total. The number of hydrogen-bond acceptors (Lipinski definition) is 2. The lowest BCUT2D eigenvalue weighted by Gasteiger charge is -2.50. The number of nitrogens with zero attached hydrogens (tertiary/aromatic N) is 1. The molecule has 1 aliphatic carbocycles. The number of carbonyl (C=O) groups is 2. The van der Waals surface area contributed by atoms with Crippen molar-refractivity contribution in [3.05, 3.63) is 35.4 Å². The van der Waals surface area contributed by atoms with E-state index in [-0.39, 0.29) is 23.3 Å². The highest BCUT2D eigenvalue weighted by Gasteiger charge is 2.55. The summed E-state index contributed by atoms with van der Waals surface area (Å²) >= 11 is 0. The van der Waals surface area contributed by atoms with E-state index in [1.54, 1.807) is 0 Å². The van der Waals surface area contributed by atoms with Crippen molar-refractivity contribution < 1.29 is 9.59 Å². The molecule has 1 aromatic carbocycles. The molecule has 1 atom stereocenters. The van der Waals surface area contributed by atoms with Gasteiger partial charge in [0.2, 0.25) is 5.91 Å². The molecule has 27 heavy (non-hydrogen) atoms. The molecule has 1 aliphatic heterocycles. The third kappa shape index (κ3) is 3.76. The number of nitrogens with one attached hydrogen (secondary N) is 1. The Bertz CT molecular complexity index is 677. The van der Waals surface area contributed by atoms with Crippen LogP contribution in [0.3, 0.4) is 0 Å². The van der Waals surface area contributed by atoms with Gasteiger partial charge in [0.15, 0.2) is 0 Å². The lowest BCUT2D eigenvalue weighted by Crippen LogP contribution is -2.60. The average Bonchev–Trinajstić information content (AvgIpc) is 3.11. The van der Waals surface area contributed by atoms with Crippen molar-refractivity contribution in [1.29, 1.82) is 0 Å². The number of unbranched alkanes of at least 4 members (excludes halogenated alkanes) is 1. The van der Waals surface area contributed by atoms with Crippen molar-refractivity contribution in [3.8, 4) is 0 Å². The van der Waals surface area contributed by atoms with Crippen LogP contribution in [0.2, 0.25) is 0 Å². The van der Waals surface area contributed by atoms with Crippen LogP contribution >= 0.6 is 0 Å². The highest BCUT2D eigenvalue weighted by atomic mass is 16.2. The summed E-state index contributed by atoms with van der Waals surface area (Å²) in [7, 11) is 0. The molecule has 0 saturated heterocycles. The van der Waals surface area contributed by atoms with Crippen molar-refractivity contribution in [3.63, 3.8) is 0 Å². The Morgan fingerprint density at radius 1 is 1.26 bits per heavy atom. The fraction of sp³-hybridized carbons (Fsp3) is 0.652. The Morgan fingerprint density at radius 2 is 1.96 bits per heavy atom. The van der Waals surface area contributed by atoms with Crippen molar-refractivity contribution in [1.82, 2.24) is 10.2 Å². The number of hydrogen-bond donors (Lipinski definition) is 1. The summed E-state index contributed by atoms with van der Waals surface area (Å²) in [4.78, 5) is 28.8. The summed E-state index contributed by atoms with van der Waals surface area (Å²) in [6.07, 6.45) is 7.05. The number of carbonyl (C=O) groups excluding carboxylic acids is 2. The molecule has 1 spiro atoms. The van der Waals surface area contributed by atoms with E-state index in [1.807, 2.05) is 24.3 Å². The van der Waals surface area contributed by atoms with Crippen LogP contribution in [0.4, 0.5) is 0 Å². The second-order valence-corrected chi connectivity index (χ2v) is 8.61. The summed E-state index contributed by atoms with van der Waals surface area (Å²) in [6.45, 7) is 7.95. The molecule has 2 aliphatic rings. The Kier molecular flexibility index (Phi) is 6.23. The fourth-order valence-electron chi connectivity index (χ4n) is 4.89. The predicted molar refractivity (Wildman–Crippen MR) is 109 cm³/mol. The van der Waals surface area contributed by atoms with E-state index >= 15 is 0 Å². The molecule has 0 radical (unpaired) electrons. The van der Waals surface area contributed by atoms with Crippen LogP contribution in [0.5, 0.6) is 0 Å². The lowest BCUT2D eigenvalue weighted by atomic mass is 9.71. The van der Waals surface area contributed by atoms with Crippen LogP contribution < -0.4 is 5.32 Å². The van der Waals surface area contributed by atoms with E-state index in [2.05, 4.69) is 31.0 Å². The smallest absolute Gasteiger partial charge is 0.254 e. The molecular formula is C23H34N2O2. The van der Waals surface area contributed by atoms with Gasteiger partial charge in [-0.05, 0) is 43.2 Å². The van der Waals surface area contributed by atoms with Crippen LogP contribution in [0.25, 0.3) is 0 Å². The Labute approximate surface area is 163 Å². The quantitative estimate of drug-likeness (QED) is 0.768. The molecule has 4 heteroatoms. The van der Waals surface area contributed by atoms with Crippen molar-refractivity contribution in [2.45, 2.75) is 77.2 Å². The van der Waals surface area contributed by atoms with Gasteiger partial charge in [-0.25, -0.2) is 0 Å². The highest BCUT2D eigenvalue weighted by molar-refractivity contribution is 6.02. The fourth-order valence-corrected chi connectivity index (χ4v) is 4.89. The molecular weight excluding hydrogens is 336 g/mol. The van der Waals surface area contributed by atoms with Gasteiger partial charge in [0.05, 0.1) is 11.5 Å². The summed E-state index contributed by atoms with van der Waals surface area (Å²) in [5.74, 6) is 0.524. The van der Waals surface area contributed by atoms with Gasteiger partial charge in [-0.2, -0.15) is 0 Å². The van der Waals surface area contributed by atoms with Gasteiger partial charge < -0.3 is 10.2 Å². The predicted octanol–water partition coefficient (Wildman–Crippen LogP) is 4.50. The van der Waals surface area contributed by atoms with Crippen molar-refractivity contribution >= 4 is 11.8 Å². The van der Waals surface area contributed by atoms with E-state index in [1.165, 1.54) is 0 Å². The molecule has 1 aromatic rings. The Morgan fingerprint density at radius 3 is 2.63 bits per heavy atom. The number of fused-ring (bicyclic) bond motifs is 1. The van der Waals surface area contributed by atoms with Gasteiger partial charge in [-0.3, -0.25) is 9.59 Å². The lowest BCUT2D eigenvalue weighted by molar-refractivity contribution is -0.126. The van der Waals surface area contributed by atoms with E-state index in [4.69, 9.17) is 0 Å². The second kappa shape index (κ2) is 8.45. The van der Waals surface area contributed by atoms with Crippen LogP contribution in [-0.4, -0.2) is 35.3 Å². The van der Waals surface area contributed by atoms with Crippen molar-refractivity contribution in [2.24, 2.45) is 5.92 Å². The maximum absolute atomic E-state index is 13.4. The zero-order valence-electron chi connectivity index (χ0n) is 17.1. The third-order valence-electron chi connectivity index (χ3n) is 6.31. The van der Waals surface area contributed by atoms with Gasteiger partial charge >= 0.3 is 0 Å². The number of rotatable bonds is 7. The molecule has 0 bridgehead atoms. The first-order chi connectivity index (χ1) is 13.0. The molecule has 2 amide bonds. The van der Waals surface area contributed by atoms with Crippen molar-refractivity contribution in [2.75, 3.05) is 13.1 Å². The van der Waals surface area contributed by atoms with E-state index in [0.717, 1.165) is 62.6 Å². The van der Waals surface area contributed by atoms with E-state index < -0.39 is 0 Å². The number of benzene rings is 1. The molecule has 0 aromatic heterocycles. The van der Waals surface area contributed by atoms with Gasteiger partial charge in [-0.15, -0.1) is 0 Å². The highest BCUT2D eigenvalue weighted by Crippen LogP contribution is 2.50. The van der Waals surface area contributed by atoms with Crippen LogP contribution in [0, 0.1) is 5.92 Å². The van der Waals surface area contributed by atoms with E-state index in [9.17, 15) is 9.59 Å². The molecule has 1 fully saturated rings. The van der Waals surface area contributed by atoms with Crippen LogP contribution in [-0.2, 0) is 4.79 Å². The molecule has 3 rings (SSSR count). The number of amides is 2. The summed E-state index contributed by atoms with van der Waals surface area (Å²) in [6, 6.07) is 7.77. The normalized spacial score (nSPS) is 21.0. The zero-order chi connectivity index (χ0) is 19.4. The largest absolute Gasteiger partial charge is 0.355 e. The molecule has 148 valence electrons. The minimum atomic E-state index is -0.345. The van der Waals surface area contributed by atoms with Gasteiger partial charge in [0.1, 0.15) is 0 Å². The monoisotopic (exact) mass is 370 g/mol. The molecule has 1 saturated carbocycles. The second-order valence-electron chi connectivity index (χ2n) is 8.61.